The van der Waals surface area contributed by atoms with Crippen molar-refractivity contribution in [3.63, 3.8) is 0 Å². The van der Waals surface area contributed by atoms with Gasteiger partial charge in [0.05, 0.1) is 12.7 Å². The molecular formula is C22H23FN2O2. The quantitative estimate of drug-likeness (QED) is 0.743. The highest BCUT2D eigenvalue weighted by Crippen LogP contribution is 2.29. The molecule has 1 aromatic heterocycles. The standard InChI is InChI=1S/C22H23FN2O2/c1-27-21-14-20-17(6-9-24-20)13-19(21)22(26)25-10-7-16(8-11-25)12-15-2-4-18(23)5-3-15/h2-6,9,13-14,16,24H,7-8,10-12H2,1H3. The molecule has 0 bridgehead atoms. The Morgan fingerprint density at radius 1 is 1.19 bits per heavy atom. The highest BCUT2D eigenvalue weighted by Gasteiger charge is 2.26. The molecule has 0 unspecified atom stereocenters. The second-order valence-electron chi connectivity index (χ2n) is 7.18. The maximum Gasteiger partial charge on any atom is 0.257 e. The predicted molar refractivity (Wildman–Crippen MR) is 104 cm³/mol. The first-order chi connectivity index (χ1) is 13.1. The number of methoxy groups -OCH3 is 1. The number of carbonyl (C=O) groups excluding carboxylic acids is 1. The smallest absolute Gasteiger partial charge is 0.257 e. The Bertz CT molecular complexity index is 941. The third-order valence-electron chi connectivity index (χ3n) is 5.44. The normalized spacial score (nSPS) is 15.3. The molecule has 1 amide bonds. The molecular weight excluding hydrogens is 343 g/mol. The molecule has 2 aromatic carbocycles. The molecule has 0 saturated carbocycles. The summed E-state index contributed by atoms with van der Waals surface area (Å²) >= 11 is 0. The predicted octanol–water partition coefficient (Wildman–Crippen LogP) is 4.41. The Morgan fingerprint density at radius 2 is 1.93 bits per heavy atom. The Kier molecular flexibility index (Phi) is 4.84. The summed E-state index contributed by atoms with van der Waals surface area (Å²) in [5, 5.41) is 1.00. The van der Waals surface area contributed by atoms with Crippen LogP contribution in [0.15, 0.2) is 48.7 Å². The Labute approximate surface area is 157 Å². The molecule has 1 aliphatic heterocycles. The lowest BCUT2D eigenvalue weighted by atomic mass is 9.90. The van der Waals surface area contributed by atoms with Crippen LogP contribution in [-0.4, -0.2) is 36.0 Å². The van der Waals surface area contributed by atoms with Crippen LogP contribution in [-0.2, 0) is 6.42 Å². The second kappa shape index (κ2) is 7.43. The topological polar surface area (TPSA) is 45.3 Å². The molecule has 1 fully saturated rings. The minimum atomic E-state index is -0.201. The molecule has 0 atom stereocenters. The van der Waals surface area contributed by atoms with E-state index in [2.05, 4.69) is 4.98 Å². The molecule has 0 aliphatic carbocycles. The Hall–Kier alpha value is -2.82. The van der Waals surface area contributed by atoms with Gasteiger partial charge in [0, 0.05) is 36.3 Å². The van der Waals surface area contributed by atoms with Gasteiger partial charge in [-0.2, -0.15) is 0 Å². The number of likely N-dealkylation sites (tertiary alicyclic amines) is 1. The van der Waals surface area contributed by atoms with Crippen LogP contribution in [0.2, 0.25) is 0 Å². The number of piperidine rings is 1. The lowest BCUT2D eigenvalue weighted by Gasteiger charge is -2.32. The molecule has 3 aromatic rings. The van der Waals surface area contributed by atoms with Crippen molar-refractivity contribution in [3.05, 3.63) is 65.6 Å². The Balaban J connectivity index is 1.43. The molecule has 1 aliphatic rings. The van der Waals surface area contributed by atoms with Gasteiger partial charge in [-0.15, -0.1) is 0 Å². The minimum absolute atomic E-state index is 0.0233. The van der Waals surface area contributed by atoms with Crippen molar-refractivity contribution in [2.24, 2.45) is 5.92 Å². The van der Waals surface area contributed by atoms with Crippen LogP contribution in [0.3, 0.4) is 0 Å². The number of nitrogens with zero attached hydrogens (tertiary/aromatic N) is 1. The summed E-state index contributed by atoms with van der Waals surface area (Å²) in [4.78, 5) is 18.1. The Morgan fingerprint density at radius 3 is 2.63 bits per heavy atom. The van der Waals surface area contributed by atoms with Crippen molar-refractivity contribution in [1.29, 1.82) is 0 Å². The van der Waals surface area contributed by atoms with Crippen molar-refractivity contribution in [2.75, 3.05) is 20.2 Å². The van der Waals surface area contributed by atoms with Gasteiger partial charge < -0.3 is 14.6 Å². The van der Waals surface area contributed by atoms with E-state index in [0.29, 0.717) is 17.2 Å². The molecule has 27 heavy (non-hydrogen) atoms. The van der Waals surface area contributed by atoms with Gasteiger partial charge in [-0.25, -0.2) is 4.39 Å². The average molecular weight is 366 g/mol. The average Bonchev–Trinajstić information content (AvgIpc) is 3.16. The number of halogens is 1. The van der Waals surface area contributed by atoms with E-state index < -0.39 is 0 Å². The minimum Gasteiger partial charge on any atom is -0.496 e. The summed E-state index contributed by atoms with van der Waals surface area (Å²) in [5.74, 6) is 0.944. The first-order valence-corrected chi connectivity index (χ1v) is 9.33. The molecule has 140 valence electrons. The number of hydrogen-bond acceptors (Lipinski definition) is 2. The highest BCUT2D eigenvalue weighted by atomic mass is 19.1. The summed E-state index contributed by atoms with van der Waals surface area (Å²) < 4.78 is 18.5. The van der Waals surface area contributed by atoms with Gasteiger partial charge in [0.1, 0.15) is 11.6 Å². The molecule has 1 saturated heterocycles. The van der Waals surface area contributed by atoms with Gasteiger partial charge in [0.25, 0.3) is 5.91 Å². The highest BCUT2D eigenvalue weighted by molar-refractivity contribution is 6.01. The summed E-state index contributed by atoms with van der Waals surface area (Å²) in [5.41, 5.74) is 2.73. The third-order valence-corrected chi connectivity index (χ3v) is 5.44. The molecule has 4 nitrogen and oxygen atoms in total. The van der Waals surface area contributed by atoms with Gasteiger partial charge in [0.15, 0.2) is 0 Å². The first kappa shape index (κ1) is 17.6. The number of aromatic amines is 1. The van der Waals surface area contributed by atoms with Crippen molar-refractivity contribution < 1.29 is 13.9 Å². The monoisotopic (exact) mass is 366 g/mol. The van der Waals surface area contributed by atoms with E-state index in [9.17, 15) is 9.18 Å². The van der Waals surface area contributed by atoms with Crippen LogP contribution >= 0.6 is 0 Å². The summed E-state index contributed by atoms with van der Waals surface area (Å²) in [7, 11) is 1.59. The molecule has 0 spiro atoms. The zero-order valence-corrected chi connectivity index (χ0v) is 15.4. The maximum absolute atomic E-state index is 13.0. The molecule has 2 heterocycles. The number of H-pyrrole nitrogens is 1. The fourth-order valence-corrected chi connectivity index (χ4v) is 3.88. The number of amides is 1. The van der Waals surface area contributed by atoms with Crippen LogP contribution in [0.1, 0.15) is 28.8 Å². The summed E-state index contributed by atoms with van der Waals surface area (Å²) in [6.45, 7) is 1.47. The summed E-state index contributed by atoms with van der Waals surface area (Å²) in [6.07, 6.45) is 4.70. The van der Waals surface area contributed by atoms with Crippen LogP contribution in [0.4, 0.5) is 4.39 Å². The molecule has 0 radical (unpaired) electrons. The largest absolute Gasteiger partial charge is 0.496 e. The zero-order valence-electron chi connectivity index (χ0n) is 15.4. The zero-order chi connectivity index (χ0) is 18.8. The van der Waals surface area contributed by atoms with Gasteiger partial charge in [-0.1, -0.05) is 12.1 Å². The van der Waals surface area contributed by atoms with E-state index in [0.717, 1.165) is 48.8 Å². The van der Waals surface area contributed by atoms with Crippen molar-refractivity contribution in [1.82, 2.24) is 9.88 Å². The van der Waals surface area contributed by atoms with Crippen LogP contribution in [0.5, 0.6) is 5.75 Å². The van der Waals surface area contributed by atoms with Crippen LogP contribution in [0, 0.1) is 11.7 Å². The van der Waals surface area contributed by atoms with Crippen LogP contribution in [0.25, 0.3) is 10.9 Å². The van der Waals surface area contributed by atoms with Gasteiger partial charge in [-0.05, 0) is 55.0 Å². The van der Waals surface area contributed by atoms with Gasteiger partial charge in [0.2, 0.25) is 0 Å². The van der Waals surface area contributed by atoms with Gasteiger partial charge >= 0.3 is 0 Å². The fourth-order valence-electron chi connectivity index (χ4n) is 3.88. The van der Waals surface area contributed by atoms with Crippen molar-refractivity contribution in [3.8, 4) is 5.75 Å². The lowest BCUT2D eigenvalue weighted by Crippen LogP contribution is -2.39. The molecule has 4 rings (SSSR count). The SMILES string of the molecule is COc1cc2[nH]ccc2cc1C(=O)N1CCC(Cc2ccc(F)cc2)CC1. The molecule has 1 N–H and O–H groups in total. The van der Waals surface area contributed by atoms with E-state index in [-0.39, 0.29) is 11.7 Å². The van der Waals surface area contributed by atoms with E-state index >= 15 is 0 Å². The van der Waals surface area contributed by atoms with Crippen molar-refractivity contribution >= 4 is 16.8 Å². The van der Waals surface area contributed by atoms with Crippen LogP contribution < -0.4 is 4.74 Å². The van der Waals surface area contributed by atoms with E-state index in [1.165, 1.54) is 12.1 Å². The number of nitrogens with one attached hydrogen (secondary N) is 1. The van der Waals surface area contributed by atoms with E-state index in [4.69, 9.17) is 4.74 Å². The number of ether oxygens (including phenoxy) is 1. The van der Waals surface area contributed by atoms with E-state index in [1.807, 2.05) is 41.4 Å². The van der Waals surface area contributed by atoms with Gasteiger partial charge in [-0.3, -0.25) is 4.79 Å². The van der Waals surface area contributed by atoms with E-state index in [1.54, 1.807) is 7.11 Å². The first-order valence-electron chi connectivity index (χ1n) is 9.33. The fraction of sp³-hybridized carbons (Fsp3) is 0.318. The summed E-state index contributed by atoms with van der Waals surface area (Å²) in [6, 6.07) is 12.5. The number of fused-ring (bicyclic) bond motifs is 1. The lowest BCUT2D eigenvalue weighted by molar-refractivity contribution is 0.0687. The molecule has 5 heteroatoms. The number of rotatable bonds is 4. The number of aromatic nitrogens is 1. The maximum atomic E-state index is 13.0. The number of hydrogen-bond donors (Lipinski definition) is 1. The van der Waals surface area contributed by atoms with Crippen molar-refractivity contribution in [2.45, 2.75) is 19.3 Å². The third kappa shape index (κ3) is 3.68. The second-order valence-corrected chi connectivity index (χ2v) is 7.18. The number of benzene rings is 2. The number of carbonyl (C=O) groups is 1.